The zero-order valence-corrected chi connectivity index (χ0v) is 11.5. The molecule has 0 bridgehead atoms. The molecule has 0 fully saturated rings. The van der Waals surface area contributed by atoms with E-state index in [1.807, 2.05) is 18.2 Å². The molecule has 1 heterocycles. The Balaban J connectivity index is 1.60. The quantitative estimate of drug-likeness (QED) is 0.927. The molecule has 20 heavy (non-hydrogen) atoms. The van der Waals surface area contributed by atoms with Gasteiger partial charge >= 0.3 is 0 Å². The van der Waals surface area contributed by atoms with E-state index >= 15 is 0 Å². The second-order valence-electron chi connectivity index (χ2n) is 5.26. The average molecular weight is 269 g/mol. The van der Waals surface area contributed by atoms with E-state index in [-0.39, 0.29) is 11.8 Å². The van der Waals surface area contributed by atoms with Crippen LogP contribution in [0.1, 0.15) is 35.6 Å². The van der Waals surface area contributed by atoms with Crippen molar-refractivity contribution in [2.75, 3.05) is 6.54 Å². The van der Waals surface area contributed by atoms with Crippen molar-refractivity contribution in [3.05, 3.63) is 59.5 Å². The highest BCUT2D eigenvalue weighted by molar-refractivity contribution is 5.84. The van der Waals surface area contributed by atoms with Crippen molar-refractivity contribution in [3.63, 3.8) is 0 Å². The van der Waals surface area contributed by atoms with Gasteiger partial charge in [0, 0.05) is 13.0 Å². The third-order valence-corrected chi connectivity index (χ3v) is 3.94. The van der Waals surface area contributed by atoms with Crippen molar-refractivity contribution in [2.45, 2.75) is 31.6 Å². The standard InChI is InChI=1S/C17H19NO2/c19-17(18-11-10-14-7-4-12-20-14)16-9-3-6-13-5-1-2-8-15(13)16/h1-2,4-5,7-8,12,16H,3,6,9-11H2,(H,18,19)/t16-/m1/s1. The van der Waals surface area contributed by atoms with Crippen LogP contribution in [-0.4, -0.2) is 12.5 Å². The molecule has 104 valence electrons. The maximum atomic E-state index is 12.3. The second-order valence-corrected chi connectivity index (χ2v) is 5.26. The number of carbonyl (C=O) groups is 1. The van der Waals surface area contributed by atoms with Crippen LogP contribution in [-0.2, 0) is 17.6 Å². The molecule has 0 spiro atoms. The largest absolute Gasteiger partial charge is 0.469 e. The second kappa shape index (κ2) is 5.95. The van der Waals surface area contributed by atoms with Crippen LogP contribution >= 0.6 is 0 Å². The SMILES string of the molecule is O=C(NCCc1ccco1)[C@@H]1CCCc2ccccc21. The number of rotatable bonds is 4. The van der Waals surface area contributed by atoms with Gasteiger partial charge in [-0.3, -0.25) is 4.79 Å². The van der Waals surface area contributed by atoms with Crippen molar-refractivity contribution < 1.29 is 9.21 Å². The molecule has 1 amide bonds. The summed E-state index contributed by atoms with van der Waals surface area (Å²) in [5.74, 6) is 1.06. The Kier molecular flexibility index (Phi) is 3.86. The van der Waals surface area contributed by atoms with Gasteiger partial charge in [0.1, 0.15) is 5.76 Å². The molecule has 1 aliphatic carbocycles. The van der Waals surface area contributed by atoms with E-state index in [1.54, 1.807) is 6.26 Å². The van der Waals surface area contributed by atoms with Gasteiger partial charge in [0.05, 0.1) is 12.2 Å². The number of aryl methyl sites for hydroxylation is 1. The third kappa shape index (κ3) is 2.77. The molecule has 1 aromatic heterocycles. The Morgan fingerprint density at radius 2 is 2.15 bits per heavy atom. The molecule has 1 aromatic carbocycles. The minimum absolute atomic E-state index is 0.0107. The lowest BCUT2D eigenvalue weighted by Crippen LogP contribution is -2.32. The van der Waals surface area contributed by atoms with E-state index in [4.69, 9.17) is 4.42 Å². The molecule has 3 rings (SSSR count). The predicted octanol–water partition coefficient (Wildman–Crippen LogP) is 3.06. The molecule has 1 N–H and O–H groups in total. The number of benzene rings is 1. The van der Waals surface area contributed by atoms with Crippen LogP contribution in [0.15, 0.2) is 47.1 Å². The van der Waals surface area contributed by atoms with Gasteiger partial charge in [0.25, 0.3) is 0 Å². The Morgan fingerprint density at radius 3 is 3.00 bits per heavy atom. The van der Waals surface area contributed by atoms with E-state index in [1.165, 1.54) is 11.1 Å². The van der Waals surface area contributed by atoms with Gasteiger partial charge in [-0.2, -0.15) is 0 Å². The lowest BCUT2D eigenvalue weighted by Gasteiger charge is -2.24. The highest BCUT2D eigenvalue weighted by atomic mass is 16.3. The molecule has 3 nitrogen and oxygen atoms in total. The molecule has 0 saturated carbocycles. The molecule has 1 atom stereocenters. The van der Waals surface area contributed by atoms with Gasteiger partial charge < -0.3 is 9.73 Å². The van der Waals surface area contributed by atoms with Crippen LogP contribution in [0.3, 0.4) is 0 Å². The number of furan rings is 1. The van der Waals surface area contributed by atoms with Crippen LogP contribution in [0.2, 0.25) is 0 Å². The van der Waals surface area contributed by atoms with Crippen molar-refractivity contribution in [1.29, 1.82) is 0 Å². The van der Waals surface area contributed by atoms with Gasteiger partial charge in [0.2, 0.25) is 5.91 Å². The Labute approximate surface area is 119 Å². The monoisotopic (exact) mass is 269 g/mol. The summed E-state index contributed by atoms with van der Waals surface area (Å²) in [5.41, 5.74) is 2.53. The molecule has 0 radical (unpaired) electrons. The molecule has 0 unspecified atom stereocenters. The summed E-state index contributed by atoms with van der Waals surface area (Å²) in [6, 6.07) is 12.1. The molecule has 2 aromatic rings. The van der Waals surface area contributed by atoms with Crippen molar-refractivity contribution >= 4 is 5.91 Å². The molecule has 1 aliphatic rings. The molecular weight excluding hydrogens is 250 g/mol. The zero-order chi connectivity index (χ0) is 13.8. The number of carbonyl (C=O) groups excluding carboxylic acids is 1. The first-order valence-electron chi connectivity index (χ1n) is 7.22. The van der Waals surface area contributed by atoms with Gasteiger partial charge in [-0.1, -0.05) is 24.3 Å². The smallest absolute Gasteiger partial charge is 0.227 e. The molecular formula is C17H19NO2. The number of nitrogens with one attached hydrogen (secondary N) is 1. The maximum Gasteiger partial charge on any atom is 0.227 e. The summed E-state index contributed by atoms with van der Waals surface area (Å²) in [4.78, 5) is 12.3. The lowest BCUT2D eigenvalue weighted by molar-refractivity contribution is -0.122. The van der Waals surface area contributed by atoms with Crippen LogP contribution in [0.5, 0.6) is 0 Å². The molecule has 3 heteroatoms. The highest BCUT2D eigenvalue weighted by Gasteiger charge is 2.25. The summed E-state index contributed by atoms with van der Waals surface area (Å²) in [7, 11) is 0. The van der Waals surface area contributed by atoms with Crippen LogP contribution in [0, 0.1) is 0 Å². The van der Waals surface area contributed by atoms with E-state index in [0.717, 1.165) is 31.4 Å². The summed E-state index contributed by atoms with van der Waals surface area (Å²) in [6.07, 6.45) is 5.53. The fraction of sp³-hybridized carbons (Fsp3) is 0.353. The average Bonchev–Trinajstić information content (AvgIpc) is 3.00. The normalized spacial score (nSPS) is 17.5. The van der Waals surface area contributed by atoms with E-state index in [0.29, 0.717) is 6.54 Å². The first-order valence-corrected chi connectivity index (χ1v) is 7.22. The Hall–Kier alpha value is -2.03. The van der Waals surface area contributed by atoms with Gasteiger partial charge in [-0.15, -0.1) is 0 Å². The first-order chi connectivity index (χ1) is 9.84. The third-order valence-electron chi connectivity index (χ3n) is 3.94. The van der Waals surface area contributed by atoms with E-state index < -0.39 is 0 Å². The van der Waals surface area contributed by atoms with Crippen LogP contribution < -0.4 is 5.32 Å². The van der Waals surface area contributed by atoms with Gasteiger partial charge in [-0.25, -0.2) is 0 Å². The van der Waals surface area contributed by atoms with E-state index in [9.17, 15) is 4.79 Å². The van der Waals surface area contributed by atoms with Crippen LogP contribution in [0.25, 0.3) is 0 Å². The minimum atomic E-state index is 0.0107. The number of amides is 1. The first kappa shape index (κ1) is 13.0. The van der Waals surface area contributed by atoms with Crippen LogP contribution in [0.4, 0.5) is 0 Å². The number of hydrogen-bond donors (Lipinski definition) is 1. The highest BCUT2D eigenvalue weighted by Crippen LogP contribution is 2.31. The fourth-order valence-corrected chi connectivity index (χ4v) is 2.91. The maximum absolute atomic E-state index is 12.3. The molecule has 0 saturated heterocycles. The zero-order valence-electron chi connectivity index (χ0n) is 11.5. The van der Waals surface area contributed by atoms with Gasteiger partial charge in [-0.05, 0) is 42.5 Å². The predicted molar refractivity (Wildman–Crippen MR) is 77.5 cm³/mol. The minimum Gasteiger partial charge on any atom is -0.469 e. The van der Waals surface area contributed by atoms with Crippen molar-refractivity contribution in [3.8, 4) is 0 Å². The summed E-state index contributed by atoms with van der Waals surface area (Å²) in [5, 5.41) is 3.03. The lowest BCUT2D eigenvalue weighted by atomic mass is 9.82. The fourth-order valence-electron chi connectivity index (χ4n) is 2.91. The van der Waals surface area contributed by atoms with Gasteiger partial charge in [0.15, 0.2) is 0 Å². The van der Waals surface area contributed by atoms with Crippen molar-refractivity contribution in [1.82, 2.24) is 5.32 Å². The number of fused-ring (bicyclic) bond motifs is 1. The van der Waals surface area contributed by atoms with E-state index in [2.05, 4.69) is 23.5 Å². The summed E-state index contributed by atoms with van der Waals surface area (Å²) >= 11 is 0. The molecule has 0 aliphatic heterocycles. The summed E-state index contributed by atoms with van der Waals surface area (Å²) in [6.45, 7) is 0.630. The van der Waals surface area contributed by atoms with Crippen molar-refractivity contribution in [2.24, 2.45) is 0 Å². The summed E-state index contributed by atoms with van der Waals surface area (Å²) < 4.78 is 5.27. The Bertz CT molecular complexity index is 574. The Morgan fingerprint density at radius 1 is 1.25 bits per heavy atom. The number of hydrogen-bond acceptors (Lipinski definition) is 2. The topological polar surface area (TPSA) is 42.2 Å².